The fourth-order valence-electron chi connectivity index (χ4n) is 3.96. The van der Waals surface area contributed by atoms with Crippen LogP contribution in [0.5, 0.6) is 11.8 Å². The van der Waals surface area contributed by atoms with E-state index in [4.69, 9.17) is 9.47 Å². The van der Waals surface area contributed by atoms with Crippen molar-refractivity contribution < 1.29 is 22.3 Å². The lowest BCUT2D eigenvalue weighted by atomic mass is 10.1. The Morgan fingerprint density at radius 3 is 2.61 bits per heavy atom. The van der Waals surface area contributed by atoms with Gasteiger partial charge >= 0.3 is 0 Å². The Kier molecular flexibility index (Phi) is 6.29. The van der Waals surface area contributed by atoms with E-state index in [0.717, 1.165) is 75.1 Å². The largest absolute Gasteiger partial charge is 0.479 e. The highest BCUT2D eigenvalue weighted by Crippen LogP contribution is 2.30. The van der Waals surface area contributed by atoms with Gasteiger partial charge in [0, 0.05) is 31.3 Å². The second kappa shape index (κ2) is 8.96. The molecule has 168 valence electrons. The van der Waals surface area contributed by atoms with Crippen LogP contribution in [0.4, 0.5) is 10.1 Å². The molecular weight excluding hydrogens is 423 g/mol. The van der Waals surface area contributed by atoms with Crippen LogP contribution in [0.3, 0.4) is 0 Å². The second-order valence-corrected chi connectivity index (χ2v) is 9.72. The van der Waals surface area contributed by atoms with E-state index in [-0.39, 0.29) is 28.4 Å². The van der Waals surface area contributed by atoms with E-state index in [1.165, 1.54) is 7.11 Å². The molecule has 0 amide bonds. The molecule has 0 spiro atoms. The molecule has 3 heterocycles. The van der Waals surface area contributed by atoms with E-state index in [9.17, 15) is 12.8 Å². The van der Waals surface area contributed by atoms with Crippen LogP contribution in [-0.2, 0) is 22.9 Å². The van der Waals surface area contributed by atoms with Crippen LogP contribution in [0.15, 0.2) is 23.2 Å². The van der Waals surface area contributed by atoms with Crippen molar-refractivity contribution in [3.8, 4) is 11.8 Å². The number of hydrogen-bond donors (Lipinski definition) is 1. The molecule has 1 saturated carbocycles. The van der Waals surface area contributed by atoms with Gasteiger partial charge in [0.2, 0.25) is 5.88 Å². The summed E-state index contributed by atoms with van der Waals surface area (Å²) in [6, 6.07) is 2.68. The topological polar surface area (TPSA) is 93.6 Å². The molecule has 0 saturated heterocycles. The number of ether oxygens (including phenoxy) is 2. The summed E-state index contributed by atoms with van der Waals surface area (Å²) in [6.45, 7) is 1.72. The quantitative estimate of drug-likeness (QED) is 0.723. The molecule has 8 nitrogen and oxygen atoms in total. The maximum Gasteiger partial charge on any atom is 0.263 e. The van der Waals surface area contributed by atoms with Gasteiger partial charge in [-0.2, -0.15) is 0 Å². The lowest BCUT2D eigenvalue weighted by molar-refractivity contribution is 0.191. The molecule has 1 aliphatic heterocycles. The fourth-order valence-corrected chi connectivity index (χ4v) is 4.97. The Hall–Kier alpha value is -2.46. The van der Waals surface area contributed by atoms with Crippen LogP contribution >= 0.6 is 0 Å². The molecule has 0 radical (unpaired) electrons. The number of pyridine rings is 2. The predicted octanol–water partition coefficient (Wildman–Crippen LogP) is 2.78. The molecule has 0 bridgehead atoms. The summed E-state index contributed by atoms with van der Waals surface area (Å²) in [5.74, 6) is -0.787. The van der Waals surface area contributed by atoms with Crippen LogP contribution in [0.2, 0.25) is 0 Å². The molecule has 31 heavy (non-hydrogen) atoms. The van der Waals surface area contributed by atoms with E-state index >= 15 is 0 Å². The first-order chi connectivity index (χ1) is 14.9. The standard InChI is InChI=1S/C21H27FN4O4S/c1-26-9-7-14-11-19(21(29-2)24-18(14)8-10-26)25-31(27,28)16-12-17(22)20(23-13-16)30-15-5-3-4-6-15/h11-13,15,25H,3-10H2,1-2H3. The normalized spacial score (nSPS) is 17.8. The van der Waals surface area contributed by atoms with E-state index in [1.54, 1.807) is 6.07 Å². The summed E-state index contributed by atoms with van der Waals surface area (Å²) >= 11 is 0. The Labute approximate surface area is 181 Å². The highest BCUT2D eigenvalue weighted by molar-refractivity contribution is 7.92. The summed E-state index contributed by atoms with van der Waals surface area (Å²) in [4.78, 5) is 10.3. The van der Waals surface area contributed by atoms with Crippen molar-refractivity contribution in [2.24, 2.45) is 0 Å². The molecule has 1 N–H and O–H groups in total. The Bertz CT molecular complexity index is 1060. The minimum atomic E-state index is -4.10. The minimum absolute atomic E-state index is 0.0726. The molecule has 2 aromatic rings. The molecule has 0 unspecified atom stereocenters. The number of hydrogen-bond acceptors (Lipinski definition) is 7. The summed E-state index contributed by atoms with van der Waals surface area (Å²) in [7, 11) is -0.625. The monoisotopic (exact) mass is 450 g/mol. The van der Waals surface area contributed by atoms with Gasteiger partial charge in [0.1, 0.15) is 16.7 Å². The van der Waals surface area contributed by atoms with Gasteiger partial charge < -0.3 is 14.4 Å². The van der Waals surface area contributed by atoms with Gasteiger partial charge in [-0.15, -0.1) is 0 Å². The Balaban J connectivity index is 1.57. The first-order valence-electron chi connectivity index (χ1n) is 10.5. The lowest BCUT2D eigenvalue weighted by Gasteiger charge is -2.15. The molecule has 2 aliphatic rings. The molecule has 4 rings (SSSR count). The maximum absolute atomic E-state index is 14.5. The summed E-state index contributed by atoms with van der Waals surface area (Å²) in [5, 5.41) is 0. The Morgan fingerprint density at radius 2 is 1.90 bits per heavy atom. The first-order valence-corrected chi connectivity index (χ1v) is 11.9. The first kappa shape index (κ1) is 21.8. The third-order valence-corrected chi connectivity index (χ3v) is 7.09. The zero-order valence-electron chi connectivity index (χ0n) is 17.7. The molecule has 10 heteroatoms. The summed E-state index contributed by atoms with van der Waals surface area (Å²) in [6.07, 6.45) is 6.32. The lowest BCUT2D eigenvalue weighted by Crippen LogP contribution is -2.20. The number of halogens is 1. The second-order valence-electron chi connectivity index (χ2n) is 8.04. The van der Waals surface area contributed by atoms with Gasteiger partial charge in [0.25, 0.3) is 15.9 Å². The van der Waals surface area contributed by atoms with E-state index in [2.05, 4.69) is 19.6 Å². The smallest absolute Gasteiger partial charge is 0.263 e. The SMILES string of the molecule is COc1nc2c(cc1NS(=O)(=O)c1cnc(OC3CCCC3)c(F)c1)CCN(C)CC2. The van der Waals surface area contributed by atoms with Gasteiger partial charge in [0.15, 0.2) is 5.82 Å². The number of fused-ring (bicyclic) bond motifs is 1. The third-order valence-electron chi connectivity index (χ3n) is 5.76. The molecule has 0 atom stereocenters. The van der Waals surface area contributed by atoms with Crippen LogP contribution in [-0.4, -0.2) is 56.6 Å². The number of rotatable bonds is 6. The van der Waals surface area contributed by atoms with Crippen molar-refractivity contribution in [1.29, 1.82) is 0 Å². The average Bonchev–Trinajstić information content (AvgIpc) is 3.18. The molecule has 1 aliphatic carbocycles. The van der Waals surface area contributed by atoms with Crippen molar-refractivity contribution in [1.82, 2.24) is 14.9 Å². The number of methoxy groups -OCH3 is 1. The zero-order valence-corrected chi connectivity index (χ0v) is 18.5. The maximum atomic E-state index is 14.5. The highest BCUT2D eigenvalue weighted by Gasteiger charge is 2.24. The molecule has 1 fully saturated rings. The average molecular weight is 451 g/mol. The predicted molar refractivity (Wildman–Crippen MR) is 114 cm³/mol. The summed E-state index contributed by atoms with van der Waals surface area (Å²) in [5.41, 5.74) is 2.08. The van der Waals surface area contributed by atoms with Crippen molar-refractivity contribution in [2.45, 2.75) is 49.5 Å². The van der Waals surface area contributed by atoms with Gasteiger partial charge in [-0.1, -0.05) is 0 Å². The molecule has 0 aromatic carbocycles. The van der Waals surface area contributed by atoms with Crippen molar-refractivity contribution in [2.75, 3.05) is 32.0 Å². The van der Waals surface area contributed by atoms with Crippen LogP contribution in [0.25, 0.3) is 0 Å². The van der Waals surface area contributed by atoms with E-state index in [0.29, 0.717) is 0 Å². The van der Waals surface area contributed by atoms with Gasteiger partial charge in [-0.25, -0.2) is 22.8 Å². The number of anilines is 1. The van der Waals surface area contributed by atoms with Crippen molar-refractivity contribution in [3.05, 3.63) is 35.4 Å². The Morgan fingerprint density at radius 1 is 1.16 bits per heavy atom. The number of aromatic nitrogens is 2. The zero-order chi connectivity index (χ0) is 22.0. The van der Waals surface area contributed by atoms with Crippen LogP contribution in [0.1, 0.15) is 36.9 Å². The number of nitrogens with zero attached hydrogens (tertiary/aromatic N) is 3. The highest BCUT2D eigenvalue weighted by atomic mass is 32.2. The van der Waals surface area contributed by atoms with Gasteiger partial charge in [-0.05, 0) is 50.8 Å². The molecule has 2 aromatic heterocycles. The van der Waals surface area contributed by atoms with Crippen molar-refractivity contribution in [3.63, 3.8) is 0 Å². The van der Waals surface area contributed by atoms with Crippen LogP contribution in [0, 0.1) is 5.82 Å². The van der Waals surface area contributed by atoms with Gasteiger partial charge in [0.05, 0.1) is 13.3 Å². The van der Waals surface area contributed by atoms with Crippen LogP contribution < -0.4 is 14.2 Å². The number of likely N-dealkylation sites (N-methyl/N-ethyl adjacent to an activating group) is 1. The summed E-state index contributed by atoms with van der Waals surface area (Å²) < 4.78 is 53.7. The minimum Gasteiger partial charge on any atom is -0.479 e. The van der Waals surface area contributed by atoms with Gasteiger partial charge in [-0.3, -0.25) is 4.72 Å². The number of nitrogens with one attached hydrogen (secondary N) is 1. The fraction of sp³-hybridized carbons (Fsp3) is 0.524. The third kappa shape index (κ3) is 4.90. The van der Waals surface area contributed by atoms with Crippen molar-refractivity contribution >= 4 is 15.7 Å². The van der Waals surface area contributed by atoms with E-state index in [1.807, 2.05) is 7.05 Å². The molecular formula is C21H27FN4O4S. The number of sulfonamides is 1. The van der Waals surface area contributed by atoms with E-state index < -0.39 is 15.8 Å².